The van der Waals surface area contributed by atoms with E-state index in [4.69, 9.17) is 15.2 Å². The van der Waals surface area contributed by atoms with E-state index in [2.05, 4.69) is 16.8 Å². The van der Waals surface area contributed by atoms with Crippen molar-refractivity contribution in [2.75, 3.05) is 13.7 Å². The number of aromatic nitrogens is 1. The largest absolute Gasteiger partial charge is 0.497 e. The van der Waals surface area contributed by atoms with Crippen molar-refractivity contribution in [1.82, 2.24) is 4.98 Å². The third-order valence-corrected chi connectivity index (χ3v) is 2.80. The minimum Gasteiger partial charge on any atom is -0.497 e. The van der Waals surface area contributed by atoms with Gasteiger partial charge in [-0.05, 0) is 19.1 Å². The molecular formula is C17H18N2O2. The predicted octanol–water partition coefficient (Wildman–Crippen LogP) is 2.29. The molecule has 4 heteroatoms. The molecule has 2 rings (SSSR count). The summed E-state index contributed by atoms with van der Waals surface area (Å²) in [5.74, 6) is 7.33. The van der Waals surface area contributed by atoms with Crippen LogP contribution in [0, 0.1) is 18.8 Å². The van der Waals surface area contributed by atoms with Gasteiger partial charge in [0, 0.05) is 17.8 Å². The van der Waals surface area contributed by atoms with Crippen molar-refractivity contribution in [1.29, 1.82) is 0 Å². The zero-order chi connectivity index (χ0) is 15.1. The molecule has 1 aromatic carbocycles. The standard InChI is InChI=1S/C17H18N2O2/c1-13-10-16(20-2)11-15(19-13)12-21-17-8-4-3-6-14(17)7-5-9-18/h3-4,6,8,10-11H,9,12,18H2,1-2H3. The lowest BCUT2D eigenvalue weighted by atomic mass is 10.2. The van der Waals surface area contributed by atoms with Crippen molar-refractivity contribution in [3.05, 3.63) is 53.3 Å². The molecule has 0 aliphatic heterocycles. The fourth-order valence-electron chi connectivity index (χ4n) is 1.89. The first-order valence-electron chi connectivity index (χ1n) is 6.65. The van der Waals surface area contributed by atoms with Crippen LogP contribution < -0.4 is 15.2 Å². The molecule has 2 aromatic rings. The summed E-state index contributed by atoms with van der Waals surface area (Å²) < 4.78 is 11.0. The van der Waals surface area contributed by atoms with Gasteiger partial charge in [0.15, 0.2) is 0 Å². The Morgan fingerprint density at radius 3 is 2.81 bits per heavy atom. The highest BCUT2D eigenvalue weighted by Crippen LogP contribution is 2.19. The third kappa shape index (κ3) is 4.23. The Morgan fingerprint density at radius 2 is 2.05 bits per heavy atom. The molecule has 2 N–H and O–H groups in total. The SMILES string of the molecule is COc1cc(C)nc(COc2ccccc2C#CCN)c1. The van der Waals surface area contributed by atoms with Gasteiger partial charge in [-0.3, -0.25) is 4.98 Å². The van der Waals surface area contributed by atoms with Crippen molar-refractivity contribution in [2.24, 2.45) is 5.73 Å². The number of methoxy groups -OCH3 is 1. The fraction of sp³-hybridized carbons (Fsp3) is 0.235. The van der Waals surface area contributed by atoms with Crippen LogP contribution in [0.2, 0.25) is 0 Å². The molecule has 0 atom stereocenters. The highest BCUT2D eigenvalue weighted by atomic mass is 16.5. The van der Waals surface area contributed by atoms with E-state index in [9.17, 15) is 0 Å². The first kappa shape index (κ1) is 14.9. The molecule has 0 saturated heterocycles. The van der Waals surface area contributed by atoms with E-state index >= 15 is 0 Å². The van der Waals surface area contributed by atoms with E-state index < -0.39 is 0 Å². The minimum absolute atomic E-state index is 0.324. The van der Waals surface area contributed by atoms with Crippen molar-refractivity contribution < 1.29 is 9.47 Å². The fourth-order valence-corrected chi connectivity index (χ4v) is 1.89. The molecule has 0 unspecified atom stereocenters. The van der Waals surface area contributed by atoms with Crippen LogP contribution in [0.25, 0.3) is 0 Å². The van der Waals surface area contributed by atoms with Crippen LogP contribution >= 0.6 is 0 Å². The second-order valence-corrected chi connectivity index (χ2v) is 4.43. The van der Waals surface area contributed by atoms with Crippen molar-refractivity contribution in [3.8, 4) is 23.3 Å². The number of nitrogens with two attached hydrogens (primary N) is 1. The summed E-state index contributed by atoms with van der Waals surface area (Å²) in [7, 11) is 1.64. The van der Waals surface area contributed by atoms with Crippen LogP contribution in [0.15, 0.2) is 36.4 Å². The van der Waals surface area contributed by atoms with Gasteiger partial charge in [-0.15, -0.1) is 0 Å². The van der Waals surface area contributed by atoms with Crippen LogP contribution in [-0.2, 0) is 6.61 Å². The van der Waals surface area contributed by atoms with Crippen molar-refractivity contribution in [3.63, 3.8) is 0 Å². The summed E-state index contributed by atoms with van der Waals surface area (Å²) in [6.45, 7) is 2.61. The molecule has 0 fully saturated rings. The molecule has 0 bridgehead atoms. The van der Waals surface area contributed by atoms with Gasteiger partial charge in [-0.2, -0.15) is 0 Å². The number of benzene rings is 1. The topological polar surface area (TPSA) is 57.4 Å². The monoisotopic (exact) mass is 282 g/mol. The molecule has 0 aliphatic rings. The van der Waals surface area contributed by atoms with E-state index in [-0.39, 0.29) is 0 Å². The van der Waals surface area contributed by atoms with Crippen molar-refractivity contribution >= 4 is 0 Å². The first-order chi connectivity index (χ1) is 10.2. The van der Waals surface area contributed by atoms with Crippen molar-refractivity contribution in [2.45, 2.75) is 13.5 Å². The maximum absolute atomic E-state index is 5.81. The molecule has 21 heavy (non-hydrogen) atoms. The maximum Gasteiger partial charge on any atom is 0.135 e. The van der Waals surface area contributed by atoms with E-state index in [1.807, 2.05) is 43.3 Å². The molecule has 0 saturated carbocycles. The summed E-state index contributed by atoms with van der Waals surface area (Å²) in [4.78, 5) is 4.43. The van der Waals surface area contributed by atoms with E-state index in [0.29, 0.717) is 13.2 Å². The van der Waals surface area contributed by atoms with Gasteiger partial charge in [0.25, 0.3) is 0 Å². The van der Waals surface area contributed by atoms with Gasteiger partial charge in [0.05, 0.1) is 24.9 Å². The average Bonchev–Trinajstić information content (AvgIpc) is 2.51. The Kier molecular flexibility index (Phi) is 5.19. The highest BCUT2D eigenvalue weighted by molar-refractivity contribution is 5.46. The van der Waals surface area contributed by atoms with Gasteiger partial charge in [-0.1, -0.05) is 24.0 Å². The summed E-state index contributed by atoms with van der Waals surface area (Å²) in [5.41, 5.74) is 7.93. The Bertz CT molecular complexity index is 672. The maximum atomic E-state index is 5.81. The molecule has 0 aliphatic carbocycles. The van der Waals surface area contributed by atoms with Crippen LogP contribution in [0.3, 0.4) is 0 Å². The Balaban J connectivity index is 2.15. The minimum atomic E-state index is 0.324. The Morgan fingerprint density at radius 1 is 1.24 bits per heavy atom. The van der Waals surface area contributed by atoms with E-state index in [1.54, 1.807) is 7.11 Å². The molecule has 0 spiro atoms. The molecule has 0 radical (unpaired) electrons. The van der Waals surface area contributed by atoms with Gasteiger partial charge < -0.3 is 15.2 Å². The number of nitrogens with zero attached hydrogens (tertiary/aromatic N) is 1. The number of pyridine rings is 1. The first-order valence-corrected chi connectivity index (χ1v) is 6.65. The van der Waals surface area contributed by atoms with Gasteiger partial charge in [0.1, 0.15) is 18.1 Å². The zero-order valence-electron chi connectivity index (χ0n) is 12.2. The molecule has 1 heterocycles. The lowest BCUT2D eigenvalue weighted by Crippen LogP contribution is -2.01. The summed E-state index contributed by atoms with van der Waals surface area (Å²) >= 11 is 0. The summed E-state index contributed by atoms with van der Waals surface area (Å²) in [5, 5.41) is 0. The molecule has 1 aromatic heterocycles. The number of para-hydroxylation sites is 1. The molecular weight excluding hydrogens is 264 g/mol. The number of ether oxygens (including phenoxy) is 2. The molecule has 0 amide bonds. The van der Waals surface area contributed by atoms with Crippen LogP contribution in [0.4, 0.5) is 0 Å². The predicted molar refractivity (Wildman–Crippen MR) is 82.2 cm³/mol. The van der Waals surface area contributed by atoms with Crippen LogP contribution in [0.5, 0.6) is 11.5 Å². The molecule has 108 valence electrons. The Hall–Kier alpha value is -2.51. The van der Waals surface area contributed by atoms with Gasteiger partial charge in [-0.25, -0.2) is 0 Å². The quantitative estimate of drug-likeness (QED) is 0.874. The van der Waals surface area contributed by atoms with E-state index in [1.165, 1.54) is 0 Å². The Labute approximate surface area is 124 Å². The molecule has 4 nitrogen and oxygen atoms in total. The van der Waals surface area contributed by atoms with Crippen LogP contribution in [0.1, 0.15) is 17.0 Å². The highest BCUT2D eigenvalue weighted by Gasteiger charge is 2.04. The lowest BCUT2D eigenvalue weighted by Gasteiger charge is -2.09. The van der Waals surface area contributed by atoms with Gasteiger partial charge in [0.2, 0.25) is 0 Å². The number of hydrogen-bond donors (Lipinski definition) is 1. The number of rotatable bonds is 4. The zero-order valence-corrected chi connectivity index (χ0v) is 12.2. The normalized spacial score (nSPS) is 9.67. The van der Waals surface area contributed by atoms with E-state index in [0.717, 1.165) is 28.5 Å². The van der Waals surface area contributed by atoms with Crippen LogP contribution in [-0.4, -0.2) is 18.6 Å². The smallest absolute Gasteiger partial charge is 0.135 e. The average molecular weight is 282 g/mol. The number of hydrogen-bond acceptors (Lipinski definition) is 4. The van der Waals surface area contributed by atoms with Gasteiger partial charge >= 0.3 is 0 Å². The second kappa shape index (κ2) is 7.32. The number of aryl methyl sites for hydroxylation is 1. The second-order valence-electron chi connectivity index (χ2n) is 4.43. The lowest BCUT2D eigenvalue weighted by molar-refractivity contribution is 0.299. The summed E-state index contributed by atoms with van der Waals surface area (Å²) in [6, 6.07) is 11.4. The summed E-state index contributed by atoms with van der Waals surface area (Å²) in [6.07, 6.45) is 0. The third-order valence-electron chi connectivity index (χ3n) is 2.80.